The Labute approximate surface area is 119 Å². The van der Waals surface area contributed by atoms with Crippen molar-refractivity contribution in [3.05, 3.63) is 11.6 Å². The van der Waals surface area contributed by atoms with Crippen LogP contribution < -0.4 is 0 Å². The molecule has 0 amide bonds. The quantitative estimate of drug-likeness (QED) is 0.774. The molecule has 0 radical (unpaired) electrons. The van der Waals surface area contributed by atoms with Gasteiger partial charge < -0.3 is 4.74 Å². The van der Waals surface area contributed by atoms with Gasteiger partial charge in [0, 0.05) is 12.5 Å². The zero-order valence-electron chi connectivity index (χ0n) is 12.4. The third-order valence-corrected chi connectivity index (χ3v) is 4.31. The van der Waals surface area contributed by atoms with E-state index in [-0.39, 0.29) is 18.1 Å². The minimum atomic E-state index is -0.0672. The molecule has 0 spiro atoms. The molecule has 3 heterocycles. The fraction of sp³-hybridized carbons (Fsp3) is 0.786. The van der Waals surface area contributed by atoms with Crippen LogP contribution in [0.2, 0.25) is 0 Å². The lowest BCUT2D eigenvalue weighted by Crippen LogP contribution is -2.43. The largest absolute Gasteiger partial charge is 0.461 e. The van der Waals surface area contributed by atoms with Crippen molar-refractivity contribution in [3.8, 4) is 0 Å². The normalized spacial score (nSPS) is 30.9. The molecule has 2 aliphatic heterocycles. The summed E-state index contributed by atoms with van der Waals surface area (Å²) in [7, 11) is 0. The molecular formula is C14H22N4O2. The van der Waals surface area contributed by atoms with E-state index in [2.05, 4.69) is 15.0 Å². The maximum absolute atomic E-state index is 11.9. The molecular weight excluding hydrogens is 256 g/mol. The van der Waals surface area contributed by atoms with E-state index in [0.717, 1.165) is 44.0 Å². The number of ether oxygens (including phenoxy) is 1. The molecule has 3 rings (SSSR count). The highest BCUT2D eigenvalue weighted by Gasteiger charge is 2.41. The lowest BCUT2D eigenvalue weighted by atomic mass is 10.1. The van der Waals surface area contributed by atoms with Crippen molar-refractivity contribution >= 4 is 5.97 Å². The predicted molar refractivity (Wildman–Crippen MR) is 73.2 cm³/mol. The second kappa shape index (κ2) is 5.16. The summed E-state index contributed by atoms with van der Waals surface area (Å²) in [6.45, 7) is 7.64. The standard InChI is InChI=1S/C14H22N4O2/c1-9-7-13(14(19)20-9)17-6-4-5-12(17)8-18-11(3)15-10(2)16-18/h9,12-13H,4-8H2,1-3H3/t9-,12+,13+/m1/s1. The second-order valence-electron chi connectivity index (χ2n) is 5.92. The molecule has 0 N–H and O–H groups in total. The van der Waals surface area contributed by atoms with Gasteiger partial charge in [0.05, 0.1) is 6.54 Å². The molecule has 2 fully saturated rings. The van der Waals surface area contributed by atoms with Crippen LogP contribution in [0.4, 0.5) is 0 Å². The van der Waals surface area contributed by atoms with Gasteiger partial charge in [-0.15, -0.1) is 0 Å². The number of rotatable bonds is 3. The molecule has 3 atom stereocenters. The Hall–Kier alpha value is -1.43. The molecule has 0 unspecified atom stereocenters. The molecule has 2 aliphatic rings. The first kappa shape index (κ1) is 13.5. The monoisotopic (exact) mass is 278 g/mol. The highest BCUT2D eigenvalue weighted by Crippen LogP contribution is 2.28. The van der Waals surface area contributed by atoms with Gasteiger partial charge in [0.2, 0.25) is 0 Å². The maximum Gasteiger partial charge on any atom is 0.323 e. The third kappa shape index (κ3) is 2.44. The van der Waals surface area contributed by atoms with Crippen LogP contribution in [0.3, 0.4) is 0 Å². The lowest BCUT2D eigenvalue weighted by Gasteiger charge is -2.28. The van der Waals surface area contributed by atoms with Crippen molar-refractivity contribution in [2.24, 2.45) is 0 Å². The minimum absolute atomic E-state index is 0.0455. The smallest absolute Gasteiger partial charge is 0.323 e. The summed E-state index contributed by atoms with van der Waals surface area (Å²) >= 11 is 0. The van der Waals surface area contributed by atoms with Crippen LogP contribution in [-0.2, 0) is 16.1 Å². The lowest BCUT2D eigenvalue weighted by molar-refractivity contribution is -0.145. The van der Waals surface area contributed by atoms with E-state index >= 15 is 0 Å². The van der Waals surface area contributed by atoms with Crippen molar-refractivity contribution in [3.63, 3.8) is 0 Å². The van der Waals surface area contributed by atoms with E-state index in [1.54, 1.807) is 0 Å². The minimum Gasteiger partial charge on any atom is -0.461 e. The molecule has 1 aromatic heterocycles. The van der Waals surface area contributed by atoms with Crippen LogP contribution in [0.5, 0.6) is 0 Å². The Kier molecular flexibility index (Phi) is 3.50. The summed E-state index contributed by atoms with van der Waals surface area (Å²) in [6, 6.07) is 0.292. The Morgan fingerprint density at radius 3 is 2.80 bits per heavy atom. The fourth-order valence-corrected chi connectivity index (χ4v) is 3.40. The summed E-state index contributed by atoms with van der Waals surface area (Å²) in [5.41, 5.74) is 0. The Morgan fingerprint density at radius 1 is 1.40 bits per heavy atom. The van der Waals surface area contributed by atoms with E-state index in [0.29, 0.717) is 6.04 Å². The molecule has 0 aromatic carbocycles. The van der Waals surface area contributed by atoms with Crippen LogP contribution in [0.15, 0.2) is 0 Å². The molecule has 1 aromatic rings. The number of cyclic esters (lactones) is 1. The molecule has 2 saturated heterocycles. The van der Waals surface area contributed by atoms with Crippen LogP contribution in [0.1, 0.15) is 37.8 Å². The van der Waals surface area contributed by atoms with Gasteiger partial charge in [-0.1, -0.05) is 0 Å². The number of hydrogen-bond acceptors (Lipinski definition) is 5. The molecule has 0 saturated carbocycles. The highest BCUT2D eigenvalue weighted by molar-refractivity contribution is 5.78. The van der Waals surface area contributed by atoms with Crippen LogP contribution in [0, 0.1) is 13.8 Å². The van der Waals surface area contributed by atoms with Crippen molar-refractivity contribution < 1.29 is 9.53 Å². The first-order valence-corrected chi connectivity index (χ1v) is 7.39. The molecule has 6 heteroatoms. The van der Waals surface area contributed by atoms with Gasteiger partial charge in [-0.05, 0) is 40.2 Å². The van der Waals surface area contributed by atoms with E-state index in [1.165, 1.54) is 0 Å². The van der Waals surface area contributed by atoms with Crippen molar-refractivity contribution in [2.45, 2.75) is 64.8 Å². The molecule has 0 bridgehead atoms. The van der Waals surface area contributed by atoms with Gasteiger partial charge in [0.1, 0.15) is 23.8 Å². The number of aryl methyl sites for hydroxylation is 2. The maximum atomic E-state index is 11.9. The van der Waals surface area contributed by atoms with Crippen molar-refractivity contribution in [1.82, 2.24) is 19.7 Å². The van der Waals surface area contributed by atoms with Crippen molar-refractivity contribution in [1.29, 1.82) is 0 Å². The molecule has 110 valence electrons. The topological polar surface area (TPSA) is 60.2 Å². The average molecular weight is 278 g/mol. The van der Waals surface area contributed by atoms with E-state index in [9.17, 15) is 4.79 Å². The average Bonchev–Trinajstić information content (AvgIpc) is 3.02. The first-order valence-electron chi connectivity index (χ1n) is 7.39. The summed E-state index contributed by atoms with van der Waals surface area (Å²) in [6.07, 6.45) is 3.10. The van der Waals surface area contributed by atoms with Crippen LogP contribution in [0.25, 0.3) is 0 Å². The van der Waals surface area contributed by atoms with E-state index in [4.69, 9.17) is 4.74 Å². The molecule has 6 nitrogen and oxygen atoms in total. The van der Waals surface area contributed by atoms with Gasteiger partial charge in [0.15, 0.2) is 0 Å². The van der Waals surface area contributed by atoms with E-state index < -0.39 is 0 Å². The predicted octanol–water partition coefficient (Wildman–Crippen LogP) is 1.06. The van der Waals surface area contributed by atoms with E-state index in [1.807, 2.05) is 25.5 Å². The fourth-order valence-electron chi connectivity index (χ4n) is 3.40. The van der Waals surface area contributed by atoms with Crippen molar-refractivity contribution in [2.75, 3.05) is 6.54 Å². The SMILES string of the molecule is Cc1nc(C)n(C[C@@H]2CCCN2[C@H]2C[C@@H](C)OC2=O)n1. The number of carbonyl (C=O) groups excluding carboxylic acids is 1. The summed E-state index contributed by atoms with van der Waals surface area (Å²) in [4.78, 5) is 18.6. The van der Waals surface area contributed by atoms with Crippen LogP contribution >= 0.6 is 0 Å². The molecule has 20 heavy (non-hydrogen) atoms. The Balaban J connectivity index is 1.73. The summed E-state index contributed by atoms with van der Waals surface area (Å²) < 4.78 is 7.26. The van der Waals surface area contributed by atoms with Gasteiger partial charge in [0.25, 0.3) is 0 Å². The number of aromatic nitrogens is 3. The third-order valence-electron chi connectivity index (χ3n) is 4.31. The number of nitrogens with zero attached hydrogens (tertiary/aromatic N) is 4. The van der Waals surface area contributed by atoms with Gasteiger partial charge >= 0.3 is 5.97 Å². The number of esters is 1. The number of hydrogen-bond donors (Lipinski definition) is 0. The Bertz CT molecular complexity index is 513. The van der Waals surface area contributed by atoms with Gasteiger partial charge in [-0.25, -0.2) is 9.67 Å². The second-order valence-corrected chi connectivity index (χ2v) is 5.92. The summed E-state index contributed by atoms with van der Waals surface area (Å²) in [5.74, 6) is 1.69. The van der Waals surface area contributed by atoms with Gasteiger partial charge in [-0.2, -0.15) is 5.10 Å². The highest BCUT2D eigenvalue weighted by atomic mass is 16.6. The Morgan fingerprint density at radius 2 is 2.20 bits per heavy atom. The zero-order valence-corrected chi connectivity index (χ0v) is 12.4. The van der Waals surface area contributed by atoms with Gasteiger partial charge in [-0.3, -0.25) is 9.69 Å². The van der Waals surface area contributed by atoms with Crippen LogP contribution in [-0.4, -0.2) is 50.4 Å². The number of carbonyl (C=O) groups is 1. The first-order chi connectivity index (χ1) is 9.54. The zero-order chi connectivity index (χ0) is 14.3. The summed E-state index contributed by atoms with van der Waals surface area (Å²) in [5, 5.41) is 4.43. The molecule has 0 aliphatic carbocycles. The number of likely N-dealkylation sites (tertiary alicyclic amines) is 1.